The summed E-state index contributed by atoms with van der Waals surface area (Å²) in [6.07, 6.45) is 0. The number of benzene rings is 1. The van der Waals surface area contributed by atoms with E-state index >= 15 is 0 Å². The highest BCUT2D eigenvalue weighted by Gasteiger charge is 2.22. The molecule has 0 heterocycles. The fraction of sp³-hybridized carbons (Fsp3) is 0.333. The lowest BCUT2D eigenvalue weighted by atomic mass is 9.94. The van der Waals surface area contributed by atoms with Gasteiger partial charge in [-0.2, -0.15) is 0 Å². The summed E-state index contributed by atoms with van der Waals surface area (Å²) < 4.78 is 13.6. The van der Waals surface area contributed by atoms with Gasteiger partial charge < -0.3 is 10.8 Å². The Balaban J connectivity index is 3.20. The van der Waals surface area contributed by atoms with Gasteiger partial charge in [-0.1, -0.05) is 15.9 Å². The van der Waals surface area contributed by atoms with E-state index in [9.17, 15) is 4.39 Å². The minimum absolute atomic E-state index is 0.227. The topological polar surface area (TPSA) is 46.2 Å². The molecule has 0 spiro atoms. The summed E-state index contributed by atoms with van der Waals surface area (Å²) in [6, 6.07) is 4.23. The standard InChI is InChI=1S/C9H11BrFNO/c1-9(12,5-13)7-4-6(11)2-3-8(7)10/h2-4,13H,5,12H2,1H3. The number of rotatable bonds is 2. The van der Waals surface area contributed by atoms with Crippen LogP contribution in [-0.2, 0) is 5.54 Å². The molecule has 1 rings (SSSR count). The van der Waals surface area contributed by atoms with Crippen molar-refractivity contribution in [2.75, 3.05) is 6.61 Å². The summed E-state index contributed by atoms with van der Waals surface area (Å²) in [5.74, 6) is -0.358. The van der Waals surface area contributed by atoms with Gasteiger partial charge in [-0.15, -0.1) is 0 Å². The van der Waals surface area contributed by atoms with Crippen LogP contribution in [0.1, 0.15) is 12.5 Å². The average molecular weight is 248 g/mol. The van der Waals surface area contributed by atoms with E-state index in [4.69, 9.17) is 10.8 Å². The molecule has 0 aliphatic carbocycles. The predicted octanol–water partition coefficient (Wildman–Crippen LogP) is 1.75. The molecule has 0 saturated carbocycles. The predicted molar refractivity (Wildman–Crippen MR) is 52.7 cm³/mol. The van der Waals surface area contributed by atoms with Gasteiger partial charge in [0.05, 0.1) is 12.1 Å². The second-order valence-corrected chi connectivity index (χ2v) is 4.05. The highest BCUT2D eigenvalue weighted by molar-refractivity contribution is 9.10. The quantitative estimate of drug-likeness (QED) is 0.837. The molecule has 2 nitrogen and oxygen atoms in total. The third kappa shape index (κ3) is 2.27. The Labute approximate surface area is 84.7 Å². The van der Waals surface area contributed by atoms with E-state index in [2.05, 4.69) is 15.9 Å². The highest BCUT2D eigenvalue weighted by Crippen LogP contribution is 2.26. The van der Waals surface area contributed by atoms with Gasteiger partial charge in [-0.05, 0) is 30.7 Å². The number of hydrogen-bond donors (Lipinski definition) is 2. The van der Waals surface area contributed by atoms with Crippen LogP contribution in [0.5, 0.6) is 0 Å². The molecular formula is C9H11BrFNO. The second-order valence-electron chi connectivity index (χ2n) is 3.20. The molecule has 3 N–H and O–H groups in total. The molecular weight excluding hydrogens is 237 g/mol. The van der Waals surface area contributed by atoms with Crippen LogP contribution in [-0.4, -0.2) is 11.7 Å². The van der Waals surface area contributed by atoms with Crippen LogP contribution >= 0.6 is 15.9 Å². The molecule has 13 heavy (non-hydrogen) atoms. The van der Waals surface area contributed by atoms with Crippen LogP contribution in [0.4, 0.5) is 4.39 Å². The van der Waals surface area contributed by atoms with Crippen LogP contribution in [0.15, 0.2) is 22.7 Å². The Morgan fingerprint density at radius 3 is 2.77 bits per heavy atom. The zero-order valence-corrected chi connectivity index (χ0v) is 8.81. The molecule has 0 aromatic heterocycles. The molecule has 0 fully saturated rings. The van der Waals surface area contributed by atoms with Crippen molar-refractivity contribution in [3.05, 3.63) is 34.1 Å². The maximum atomic E-state index is 12.9. The van der Waals surface area contributed by atoms with Gasteiger partial charge >= 0.3 is 0 Å². The van der Waals surface area contributed by atoms with Crippen molar-refractivity contribution in [2.24, 2.45) is 5.73 Å². The Morgan fingerprint density at radius 1 is 1.62 bits per heavy atom. The Morgan fingerprint density at radius 2 is 2.23 bits per heavy atom. The van der Waals surface area contributed by atoms with Gasteiger partial charge in [0.25, 0.3) is 0 Å². The fourth-order valence-electron chi connectivity index (χ4n) is 1.02. The third-order valence-corrected chi connectivity index (χ3v) is 2.56. The first kappa shape index (κ1) is 10.6. The maximum Gasteiger partial charge on any atom is 0.123 e. The molecule has 1 atom stereocenters. The zero-order valence-electron chi connectivity index (χ0n) is 7.22. The molecule has 1 unspecified atom stereocenters. The first-order chi connectivity index (χ1) is 5.97. The van der Waals surface area contributed by atoms with Gasteiger partial charge in [0.15, 0.2) is 0 Å². The fourth-order valence-corrected chi connectivity index (χ4v) is 1.72. The SMILES string of the molecule is CC(N)(CO)c1cc(F)ccc1Br. The van der Waals surface area contributed by atoms with Crippen molar-refractivity contribution in [1.82, 2.24) is 0 Å². The minimum atomic E-state index is -0.916. The van der Waals surface area contributed by atoms with Gasteiger partial charge in [0.2, 0.25) is 0 Å². The van der Waals surface area contributed by atoms with Crippen LogP contribution < -0.4 is 5.73 Å². The number of aliphatic hydroxyl groups excluding tert-OH is 1. The molecule has 0 aliphatic rings. The Hall–Kier alpha value is -0.450. The normalized spacial score (nSPS) is 15.5. The number of nitrogens with two attached hydrogens (primary N) is 1. The van der Waals surface area contributed by atoms with Gasteiger partial charge in [0, 0.05) is 4.47 Å². The zero-order chi connectivity index (χ0) is 10.1. The molecule has 0 aliphatic heterocycles. The summed E-state index contributed by atoms with van der Waals surface area (Å²) in [6.45, 7) is 1.42. The molecule has 0 bridgehead atoms. The van der Waals surface area contributed by atoms with E-state index in [1.165, 1.54) is 12.1 Å². The van der Waals surface area contributed by atoms with Crippen molar-refractivity contribution in [3.8, 4) is 0 Å². The highest BCUT2D eigenvalue weighted by atomic mass is 79.9. The summed E-state index contributed by atoms with van der Waals surface area (Å²) in [4.78, 5) is 0. The van der Waals surface area contributed by atoms with Crippen molar-refractivity contribution in [3.63, 3.8) is 0 Å². The van der Waals surface area contributed by atoms with E-state index in [-0.39, 0.29) is 12.4 Å². The molecule has 0 saturated heterocycles. The van der Waals surface area contributed by atoms with Crippen LogP contribution in [0.25, 0.3) is 0 Å². The molecule has 0 radical (unpaired) electrons. The number of aliphatic hydroxyl groups is 1. The first-order valence-corrected chi connectivity index (χ1v) is 4.62. The van der Waals surface area contributed by atoms with Gasteiger partial charge in [0.1, 0.15) is 5.82 Å². The van der Waals surface area contributed by atoms with Crippen LogP contribution in [0.2, 0.25) is 0 Å². The monoisotopic (exact) mass is 247 g/mol. The lowest BCUT2D eigenvalue weighted by Crippen LogP contribution is -2.37. The smallest absolute Gasteiger partial charge is 0.123 e. The van der Waals surface area contributed by atoms with Crippen molar-refractivity contribution >= 4 is 15.9 Å². The lowest BCUT2D eigenvalue weighted by Gasteiger charge is -2.23. The van der Waals surface area contributed by atoms with E-state index in [1.54, 1.807) is 13.0 Å². The summed E-state index contributed by atoms with van der Waals surface area (Å²) >= 11 is 3.25. The maximum absolute atomic E-state index is 12.9. The van der Waals surface area contributed by atoms with Crippen LogP contribution in [0.3, 0.4) is 0 Å². The molecule has 72 valence electrons. The first-order valence-electron chi connectivity index (χ1n) is 3.82. The largest absolute Gasteiger partial charge is 0.394 e. The summed E-state index contributed by atoms with van der Waals surface area (Å²) in [5.41, 5.74) is 5.41. The lowest BCUT2D eigenvalue weighted by molar-refractivity contribution is 0.209. The van der Waals surface area contributed by atoms with E-state index in [0.717, 1.165) is 0 Å². The van der Waals surface area contributed by atoms with Crippen LogP contribution in [0, 0.1) is 5.82 Å². The molecule has 1 aromatic carbocycles. The van der Waals surface area contributed by atoms with Crippen molar-refractivity contribution < 1.29 is 9.50 Å². The number of halogens is 2. The van der Waals surface area contributed by atoms with Gasteiger partial charge in [-0.25, -0.2) is 4.39 Å². The average Bonchev–Trinajstić information content (AvgIpc) is 2.09. The van der Waals surface area contributed by atoms with Crippen molar-refractivity contribution in [1.29, 1.82) is 0 Å². The van der Waals surface area contributed by atoms with Crippen molar-refractivity contribution in [2.45, 2.75) is 12.5 Å². The van der Waals surface area contributed by atoms with E-state index in [1.807, 2.05) is 0 Å². The molecule has 1 aromatic rings. The Bertz CT molecular complexity index is 314. The minimum Gasteiger partial charge on any atom is -0.394 e. The van der Waals surface area contributed by atoms with E-state index < -0.39 is 5.54 Å². The molecule has 0 amide bonds. The molecule has 4 heteroatoms. The summed E-state index contributed by atoms with van der Waals surface area (Å²) in [7, 11) is 0. The third-order valence-electron chi connectivity index (χ3n) is 1.87. The number of hydrogen-bond acceptors (Lipinski definition) is 2. The second kappa shape index (κ2) is 3.74. The van der Waals surface area contributed by atoms with Gasteiger partial charge in [-0.3, -0.25) is 0 Å². The summed E-state index contributed by atoms with van der Waals surface area (Å²) in [5, 5.41) is 8.99. The van der Waals surface area contributed by atoms with E-state index in [0.29, 0.717) is 10.0 Å². The Kier molecular flexibility index (Phi) is 3.05.